The third kappa shape index (κ3) is 9.26. The molecule has 0 unspecified atom stereocenters. The van der Waals surface area contributed by atoms with Crippen molar-refractivity contribution in [2.75, 3.05) is 0 Å². The molecule has 0 spiro atoms. The number of hydrogen-bond donors (Lipinski definition) is 0. The van der Waals surface area contributed by atoms with Gasteiger partial charge in [-0.05, 0) is 152 Å². The fraction of sp³-hybridized carbons (Fsp3) is 0.308. The standard InChI is InChI=1S/C52H50Br2N2S4/c1-3-5-7-9-11-13-15-37-19-23-43(57-37)33-17-21-39-35(29-33)31-41(45-24-20-38(58-45)16-14-12-10-8-6-4-2)51-49(39)56-52-42(46-26-28-48(54)60-46)32-36-30-34(44-25-27-47(53)59-44)18-22-40(36)50(52)55-51/h17-32H,3-16H2,1-2H3. The van der Waals surface area contributed by atoms with Gasteiger partial charge in [0.2, 0.25) is 0 Å². The monoisotopic (exact) mass is 988 g/mol. The first-order chi connectivity index (χ1) is 29.4. The smallest absolute Gasteiger partial charge is 0.0987 e. The molecular weight excluding hydrogens is 941 g/mol. The van der Waals surface area contributed by atoms with E-state index in [9.17, 15) is 0 Å². The van der Waals surface area contributed by atoms with Crippen LogP contribution in [0.5, 0.6) is 0 Å². The molecule has 0 aliphatic carbocycles. The second-order valence-corrected chi connectivity index (χ2v) is 23.4. The number of aryl methyl sites for hydroxylation is 2. The summed E-state index contributed by atoms with van der Waals surface area (Å²) in [6, 6.07) is 36.6. The summed E-state index contributed by atoms with van der Waals surface area (Å²) < 4.78 is 2.24. The average molecular weight is 991 g/mol. The Balaban J connectivity index is 1.17. The van der Waals surface area contributed by atoms with Gasteiger partial charge in [0.15, 0.2) is 0 Å². The minimum atomic E-state index is 0.950. The Morgan fingerprint density at radius 3 is 1.32 bits per heavy atom. The molecule has 4 aromatic carbocycles. The molecule has 2 nitrogen and oxygen atoms in total. The summed E-state index contributed by atoms with van der Waals surface area (Å²) in [5, 5.41) is 4.67. The van der Waals surface area contributed by atoms with Gasteiger partial charge in [0.05, 0.1) is 29.6 Å². The molecule has 0 fully saturated rings. The Hall–Kier alpha value is -3.24. The van der Waals surface area contributed by atoms with Crippen molar-refractivity contribution >= 4 is 121 Å². The van der Waals surface area contributed by atoms with Crippen molar-refractivity contribution in [3.8, 4) is 41.8 Å². The predicted molar refractivity (Wildman–Crippen MR) is 275 cm³/mol. The van der Waals surface area contributed by atoms with Crippen LogP contribution in [0.1, 0.15) is 101 Å². The summed E-state index contributed by atoms with van der Waals surface area (Å²) in [6.07, 6.45) is 18.2. The van der Waals surface area contributed by atoms with Gasteiger partial charge in [-0.2, -0.15) is 0 Å². The van der Waals surface area contributed by atoms with E-state index in [0.717, 1.165) is 52.4 Å². The van der Waals surface area contributed by atoms with Gasteiger partial charge in [0.25, 0.3) is 0 Å². The van der Waals surface area contributed by atoms with E-state index < -0.39 is 0 Å². The molecule has 306 valence electrons. The Morgan fingerprint density at radius 2 is 0.817 bits per heavy atom. The summed E-state index contributed by atoms with van der Waals surface area (Å²) in [7, 11) is 0. The van der Waals surface area contributed by atoms with Gasteiger partial charge in [-0.25, -0.2) is 9.97 Å². The molecule has 8 heteroatoms. The minimum Gasteiger partial charge on any atom is -0.243 e. The predicted octanol–water partition coefficient (Wildman–Crippen LogP) is 19.3. The molecule has 0 saturated carbocycles. The van der Waals surface area contributed by atoms with Crippen LogP contribution in [0.25, 0.3) is 85.4 Å². The summed E-state index contributed by atoms with van der Waals surface area (Å²) in [6.45, 7) is 4.58. The van der Waals surface area contributed by atoms with E-state index in [1.807, 2.05) is 22.7 Å². The van der Waals surface area contributed by atoms with Crippen LogP contribution in [0.4, 0.5) is 0 Å². The fourth-order valence-corrected chi connectivity index (χ4v) is 13.4. The van der Waals surface area contributed by atoms with E-state index >= 15 is 0 Å². The highest BCUT2D eigenvalue weighted by Gasteiger charge is 2.20. The molecule has 0 bridgehead atoms. The zero-order valence-corrected chi connectivity index (χ0v) is 40.9. The van der Waals surface area contributed by atoms with Crippen molar-refractivity contribution in [1.82, 2.24) is 9.97 Å². The lowest BCUT2D eigenvalue weighted by molar-refractivity contribution is 0.609. The van der Waals surface area contributed by atoms with Crippen LogP contribution in [-0.2, 0) is 12.8 Å². The first kappa shape index (κ1) is 42.1. The molecule has 60 heavy (non-hydrogen) atoms. The van der Waals surface area contributed by atoms with Crippen molar-refractivity contribution in [3.05, 3.63) is 114 Å². The zero-order valence-electron chi connectivity index (χ0n) is 34.4. The molecule has 0 amide bonds. The lowest BCUT2D eigenvalue weighted by atomic mass is 9.97. The topological polar surface area (TPSA) is 25.8 Å². The van der Waals surface area contributed by atoms with Gasteiger partial charge >= 0.3 is 0 Å². The van der Waals surface area contributed by atoms with Crippen LogP contribution in [0, 0.1) is 0 Å². The van der Waals surface area contributed by atoms with Gasteiger partial charge in [-0.3, -0.25) is 0 Å². The number of fused-ring (bicyclic) bond motifs is 6. The van der Waals surface area contributed by atoms with Crippen LogP contribution in [0.15, 0.2) is 105 Å². The summed E-state index contributed by atoms with van der Waals surface area (Å²) in [4.78, 5) is 19.4. The normalized spacial score (nSPS) is 11.9. The molecule has 0 atom stereocenters. The van der Waals surface area contributed by atoms with E-state index in [4.69, 9.17) is 9.97 Å². The Bertz CT molecular complexity index is 2910. The zero-order chi connectivity index (χ0) is 41.0. The fourth-order valence-electron chi connectivity index (χ4n) is 8.52. The lowest BCUT2D eigenvalue weighted by Crippen LogP contribution is -1.95. The summed E-state index contributed by atoms with van der Waals surface area (Å²) in [5.41, 5.74) is 8.64. The van der Waals surface area contributed by atoms with Gasteiger partial charge < -0.3 is 0 Å². The third-order valence-electron chi connectivity index (χ3n) is 11.7. The molecule has 0 radical (unpaired) electrons. The molecular formula is C52H50Br2N2S4. The quantitative estimate of drug-likeness (QED) is 0.0486. The maximum absolute atomic E-state index is 5.72. The third-order valence-corrected chi connectivity index (χ3v) is 17.4. The molecule has 5 heterocycles. The number of benzene rings is 4. The van der Waals surface area contributed by atoms with Crippen LogP contribution in [-0.4, -0.2) is 9.97 Å². The largest absolute Gasteiger partial charge is 0.243 e. The SMILES string of the molecule is CCCCCCCCc1ccc(-c2ccc3c(c2)cc(-c2ccc(CCCCCCCC)s2)c2nc4c(nc23)c(-c2ccc(Br)s2)cc2cc(-c3ccc(Br)s3)ccc24)s1. The average Bonchev–Trinajstić information content (AvgIpc) is 4.11. The molecule has 0 saturated heterocycles. The Labute approximate surface area is 387 Å². The van der Waals surface area contributed by atoms with Gasteiger partial charge in [0.1, 0.15) is 0 Å². The van der Waals surface area contributed by atoms with Crippen LogP contribution >= 0.6 is 77.2 Å². The molecule has 0 N–H and O–H groups in total. The Kier molecular flexibility index (Phi) is 13.6. The molecule has 5 aromatic heterocycles. The van der Waals surface area contributed by atoms with Gasteiger partial charge in [-0.15, -0.1) is 45.3 Å². The van der Waals surface area contributed by atoms with E-state index in [1.165, 1.54) is 140 Å². The number of thiophene rings is 4. The Morgan fingerprint density at radius 1 is 0.400 bits per heavy atom. The highest BCUT2D eigenvalue weighted by molar-refractivity contribution is 9.11. The second kappa shape index (κ2) is 19.4. The number of rotatable bonds is 18. The maximum atomic E-state index is 5.72. The van der Waals surface area contributed by atoms with Gasteiger partial charge in [0, 0.05) is 51.2 Å². The van der Waals surface area contributed by atoms with E-state index in [1.54, 1.807) is 22.7 Å². The van der Waals surface area contributed by atoms with E-state index in [2.05, 4.69) is 143 Å². The summed E-state index contributed by atoms with van der Waals surface area (Å²) >= 11 is 14.8. The minimum absolute atomic E-state index is 0.950. The van der Waals surface area contributed by atoms with Crippen molar-refractivity contribution in [2.45, 2.75) is 104 Å². The highest BCUT2D eigenvalue weighted by Crippen LogP contribution is 2.44. The van der Waals surface area contributed by atoms with Crippen LogP contribution < -0.4 is 0 Å². The van der Waals surface area contributed by atoms with Crippen LogP contribution in [0.3, 0.4) is 0 Å². The molecule has 9 rings (SSSR count). The second-order valence-electron chi connectivity index (χ2n) is 16.1. The maximum Gasteiger partial charge on any atom is 0.0987 e. The van der Waals surface area contributed by atoms with Crippen molar-refractivity contribution in [1.29, 1.82) is 0 Å². The van der Waals surface area contributed by atoms with Gasteiger partial charge in [-0.1, -0.05) is 102 Å². The van der Waals surface area contributed by atoms with E-state index in [0.29, 0.717) is 0 Å². The van der Waals surface area contributed by atoms with Crippen molar-refractivity contribution < 1.29 is 0 Å². The molecule has 0 aliphatic heterocycles. The first-order valence-corrected chi connectivity index (χ1v) is 26.7. The lowest BCUT2D eigenvalue weighted by Gasteiger charge is -2.14. The first-order valence-electron chi connectivity index (χ1n) is 21.8. The summed E-state index contributed by atoms with van der Waals surface area (Å²) in [5.74, 6) is 0. The molecule has 0 aliphatic rings. The van der Waals surface area contributed by atoms with Crippen molar-refractivity contribution in [3.63, 3.8) is 0 Å². The van der Waals surface area contributed by atoms with Crippen molar-refractivity contribution in [2.24, 2.45) is 0 Å². The number of aromatic nitrogens is 2. The number of halogens is 2. The molecule has 9 aromatic rings. The number of hydrogen-bond acceptors (Lipinski definition) is 6. The number of unbranched alkanes of at least 4 members (excludes halogenated alkanes) is 10. The van der Waals surface area contributed by atoms with Crippen LogP contribution in [0.2, 0.25) is 0 Å². The van der Waals surface area contributed by atoms with E-state index in [-0.39, 0.29) is 0 Å². The number of nitrogens with zero attached hydrogens (tertiary/aromatic N) is 2. The highest BCUT2D eigenvalue weighted by atomic mass is 79.9.